The maximum atomic E-state index is 13.7. The number of carbonyl (C=O) groups is 3. The van der Waals surface area contributed by atoms with E-state index in [9.17, 15) is 19.5 Å². The fourth-order valence-corrected chi connectivity index (χ4v) is 6.30. The fraction of sp³-hybridized carbons (Fsp3) is 0.382. The largest absolute Gasteiger partial charge is 0.481 e. The minimum absolute atomic E-state index is 0.103. The summed E-state index contributed by atoms with van der Waals surface area (Å²) in [6.07, 6.45) is 1.16. The molecule has 1 saturated carbocycles. The standard InChI is InChI=1S/C34H38N2O6/c1-22(41-20-23-12-4-3-5-13-23)30(31(37)36-34(2)19-11-10-18-29(34)32(38)39)35-33(40)42-21-28-26-16-8-6-14-24(26)25-15-7-9-17-27(25)28/h3-9,12-17,22,28-30H,10-11,18-21H2,1-2H3,(H,35,40)(H,36,37)(H,38,39). The molecule has 0 bridgehead atoms. The number of nitrogens with one attached hydrogen (secondary N) is 2. The van der Waals surface area contributed by atoms with Crippen LogP contribution >= 0.6 is 0 Å². The Morgan fingerprint density at radius 2 is 1.55 bits per heavy atom. The molecule has 220 valence electrons. The molecular weight excluding hydrogens is 532 g/mol. The van der Waals surface area contributed by atoms with Gasteiger partial charge in [-0.2, -0.15) is 0 Å². The molecule has 2 aliphatic carbocycles. The van der Waals surface area contributed by atoms with Crippen molar-refractivity contribution in [3.63, 3.8) is 0 Å². The second-order valence-corrected chi connectivity index (χ2v) is 11.5. The Bertz CT molecular complexity index is 1380. The summed E-state index contributed by atoms with van der Waals surface area (Å²) < 4.78 is 11.8. The normalized spacial score (nSPS) is 21.0. The monoisotopic (exact) mass is 570 g/mol. The lowest BCUT2D eigenvalue weighted by Gasteiger charge is -2.41. The summed E-state index contributed by atoms with van der Waals surface area (Å²) >= 11 is 0. The number of hydrogen-bond acceptors (Lipinski definition) is 5. The molecule has 3 aromatic rings. The second-order valence-electron chi connectivity index (χ2n) is 11.5. The summed E-state index contributed by atoms with van der Waals surface area (Å²) in [4.78, 5) is 38.9. The molecular formula is C34H38N2O6. The van der Waals surface area contributed by atoms with Crippen molar-refractivity contribution < 1.29 is 29.0 Å². The van der Waals surface area contributed by atoms with Crippen molar-refractivity contribution >= 4 is 18.0 Å². The van der Waals surface area contributed by atoms with Crippen LogP contribution in [0.5, 0.6) is 0 Å². The lowest BCUT2D eigenvalue weighted by atomic mass is 9.73. The van der Waals surface area contributed by atoms with Gasteiger partial charge >= 0.3 is 12.1 Å². The van der Waals surface area contributed by atoms with Crippen LogP contribution in [0.25, 0.3) is 11.1 Å². The summed E-state index contributed by atoms with van der Waals surface area (Å²) in [5.41, 5.74) is 4.40. The fourth-order valence-electron chi connectivity index (χ4n) is 6.30. The molecule has 3 aromatic carbocycles. The summed E-state index contributed by atoms with van der Waals surface area (Å²) in [7, 11) is 0. The van der Waals surface area contributed by atoms with Gasteiger partial charge in [0.2, 0.25) is 5.91 Å². The van der Waals surface area contributed by atoms with Crippen LogP contribution in [0.3, 0.4) is 0 Å². The predicted octanol–water partition coefficient (Wildman–Crippen LogP) is 5.65. The number of carboxylic acids is 1. The average Bonchev–Trinajstić information content (AvgIpc) is 3.31. The zero-order chi connectivity index (χ0) is 29.7. The number of fused-ring (bicyclic) bond motifs is 3. The van der Waals surface area contributed by atoms with Crippen molar-refractivity contribution in [1.82, 2.24) is 10.6 Å². The van der Waals surface area contributed by atoms with Gasteiger partial charge in [-0.25, -0.2) is 4.79 Å². The SMILES string of the molecule is CC(OCc1ccccc1)C(NC(=O)OCC1c2ccccc2-c2ccccc21)C(=O)NC1(C)CCCCC1C(=O)O. The van der Waals surface area contributed by atoms with E-state index in [1.54, 1.807) is 13.8 Å². The van der Waals surface area contributed by atoms with Crippen LogP contribution in [0.4, 0.5) is 4.79 Å². The van der Waals surface area contributed by atoms with E-state index >= 15 is 0 Å². The highest BCUT2D eigenvalue weighted by molar-refractivity contribution is 5.87. The molecule has 0 saturated heterocycles. The molecule has 0 spiro atoms. The maximum absolute atomic E-state index is 13.7. The highest BCUT2D eigenvalue weighted by Crippen LogP contribution is 2.44. The van der Waals surface area contributed by atoms with Crippen molar-refractivity contribution in [1.29, 1.82) is 0 Å². The number of benzene rings is 3. The Morgan fingerprint density at radius 3 is 2.19 bits per heavy atom. The van der Waals surface area contributed by atoms with Gasteiger partial charge in [-0.15, -0.1) is 0 Å². The van der Waals surface area contributed by atoms with E-state index in [2.05, 4.69) is 22.8 Å². The molecule has 0 aromatic heterocycles. The molecule has 42 heavy (non-hydrogen) atoms. The van der Waals surface area contributed by atoms with Gasteiger partial charge in [-0.05, 0) is 54.5 Å². The predicted molar refractivity (Wildman–Crippen MR) is 159 cm³/mol. The minimum atomic E-state index is -1.10. The Morgan fingerprint density at radius 1 is 0.929 bits per heavy atom. The third-order valence-corrected chi connectivity index (χ3v) is 8.64. The first kappa shape index (κ1) is 29.3. The van der Waals surface area contributed by atoms with E-state index in [1.165, 1.54) is 0 Å². The van der Waals surface area contributed by atoms with Crippen LogP contribution in [-0.4, -0.2) is 47.4 Å². The smallest absolute Gasteiger partial charge is 0.407 e. The number of carboxylic acid groups (broad SMARTS) is 1. The molecule has 4 unspecified atom stereocenters. The van der Waals surface area contributed by atoms with Gasteiger partial charge in [-0.3, -0.25) is 9.59 Å². The van der Waals surface area contributed by atoms with E-state index in [4.69, 9.17) is 9.47 Å². The summed E-state index contributed by atoms with van der Waals surface area (Å²) in [6, 6.07) is 24.6. The van der Waals surface area contributed by atoms with Crippen LogP contribution in [0.1, 0.15) is 62.1 Å². The van der Waals surface area contributed by atoms with Crippen molar-refractivity contribution in [2.24, 2.45) is 5.92 Å². The summed E-state index contributed by atoms with van der Waals surface area (Å²) in [6.45, 7) is 3.83. The van der Waals surface area contributed by atoms with E-state index in [1.807, 2.05) is 66.7 Å². The lowest BCUT2D eigenvalue weighted by Crippen LogP contribution is -2.62. The van der Waals surface area contributed by atoms with Crippen molar-refractivity contribution in [2.75, 3.05) is 6.61 Å². The molecule has 0 heterocycles. The molecule has 8 heteroatoms. The Hall–Kier alpha value is -4.17. The first-order valence-corrected chi connectivity index (χ1v) is 14.6. The summed E-state index contributed by atoms with van der Waals surface area (Å²) in [5.74, 6) is -2.28. The van der Waals surface area contributed by atoms with E-state index < -0.39 is 41.6 Å². The molecule has 2 aliphatic rings. The Kier molecular flexibility index (Phi) is 8.92. The van der Waals surface area contributed by atoms with Gasteiger partial charge < -0.3 is 25.2 Å². The van der Waals surface area contributed by atoms with Gasteiger partial charge in [-0.1, -0.05) is 91.7 Å². The van der Waals surface area contributed by atoms with E-state index in [0.717, 1.165) is 40.7 Å². The molecule has 0 aliphatic heterocycles. The van der Waals surface area contributed by atoms with Gasteiger partial charge in [0.1, 0.15) is 12.6 Å². The van der Waals surface area contributed by atoms with Crippen LogP contribution in [0.15, 0.2) is 78.9 Å². The average molecular weight is 571 g/mol. The first-order valence-electron chi connectivity index (χ1n) is 14.6. The van der Waals surface area contributed by atoms with Crippen molar-refractivity contribution in [3.05, 3.63) is 95.6 Å². The highest BCUT2D eigenvalue weighted by Gasteiger charge is 2.44. The van der Waals surface area contributed by atoms with Crippen LogP contribution in [0.2, 0.25) is 0 Å². The zero-order valence-corrected chi connectivity index (χ0v) is 24.0. The van der Waals surface area contributed by atoms with Gasteiger partial charge in [0.25, 0.3) is 0 Å². The minimum Gasteiger partial charge on any atom is -0.481 e. The zero-order valence-electron chi connectivity index (χ0n) is 24.0. The van der Waals surface area contributed by atoms with Crippen molar-refractivity contribution in [3.8, 4) is 11.1 Å². The van der Waals surface area contributed by atoms with Crippen LogP contribution in [0, 0.1) is 5.92 Å². The molecule has 3 N–H and O–H groups in total. The second kappa shape index (κ2) is 12.8. The third kappa shape index (κ3) is 6.34. The van der Waals surface area contributed by atoms with Crippen molar-refractivity contribution in [2.45, 2.75) is 69.7 Å². The molecule has 4 atom stereocenters. The maximum Gasteiger partial charge on any atom is 0.407 e. The summed E-state index contributed by atoms with van der Waals surface area (Å²) in [5, 5.41) is 15.5. The first-order chi connectivity index (χ1) is 20.3. The molecule has 5 rings (SSSR count). The van der Waals surface area contributed by atoms with Gasteiger partial charge in [0, 0.05) is 5.92 Å². The highest BCUT2D eigenvalue weighted by atomic mass is 16.5. The van der Waals surface area contributed by atoms with Crippen LogP contribution < -0.4 is 10.6 Å². The topological polar surface area (TPSA) is 114 Å². The third-order valence-electron chi connectivity index (χ3n) is 8.64. The number of hydrogen-bond donors (Lipinski definition) is 3. The Labute approximate surface area is 246 Å². The van der Waals surface area contributed by atoms with E-state index in [0.29, 0.717) is 12.8 Å². The number of alkyl carbamates (subject to hydrolysis) is 1. The molecule has 8 nitrogen and oxygen atoms in total. The lowest BCUT2D eigenvalue weighted by molar-refractivity contribution is -0.147. The number of aliphatic carboxylic acids is 1. The number of amides is 2. The molecule has 1 fully saturated rings. The molecule has 2 amide bonds. The van der Waals surface area contributed by atoms with Gasteiger partial charge in [0.05, 0.1) is 24.2 Å². The molecule has 0 radical (unpaired) electrons. The number of rotatable bonds is 10. The quantitative estimate of drug-likeness (QED) is 0.290. The van der Waals surface area contributed by atoms with Crippen LogP contribution in [-0.2, 0) is 25.7 Å². The number of ether oxygens (including phenoxy) is 2. The number of carbonyl (C=O) groups excluding carboxylic acids is 2. The Balaban J connectivity index is 1.30. The van der Waals surface area contributed by atoms with E-state index in [-0.39, 0.29) is 19.1 Å². The van der Waals surface area contributed by atoms with Gasteiger partial charge in [0.15, 0.2) is 0 Å².